The van der Waals surface area contributed by atoms with E-state index in [1.54, 1.807) is 18.2 Å². The number of sulfone groups is 1. The summed E-state index contributed by atoms with van der Waals surface area (Å²) in [6, 6.07) is 5.01. The van der Waals surface area contributed by atoms with Crippen LogP contribution in [-0.2, 0) is 21.2 Å². The molecular weight excluding hydrogens is 254 g/mol. The third-order valence-electron chi connectivity index (χ3n) is 2.43. The lowest BCUT2D eigenvalue weighted by atomic mass is 10.3. The summed E-state index contributed by atoms with van der Waals surface area (Å²) in [6.07, 6.45) is 1.17. The predicted octanol–water partition coefficient (Wildman–Crippen LogP) is 0.442. The van der Waals surface area contributed by atoms with Gasteiger partial charge in [0.15, 0.2) is 9.84 Å². The maximum atomic E-state index is 11.6. The molecule has 0 radical (unpaired) electrons. The number of imidazole rings is 1. The van der Waals surface area contributed by atoms with Gasteiger partial charge in [-0.2, -0.15) is 0 Å². The number of nitrogens with zero attached hydrogens (tertiary/aromatic N) is 1. The van der Waals surface area contributed by atoms with Crippen LogP contribution in [0.25, 0.3) is 11.0 Å². The molecular formula is C11H15N3O3S. The molecule has 0 aliphatic carbocycles. The summed E-state index contributed by atoms with van der Waals surface area (Å²) in [5.74, 6) is 0.592. The Balaban J connectivity index is 2.39. The summed E-state index contributed by atoms with van der Waals surface area (Å²) in [5.41, 5.74) is 6.45. The van der Waals surface area contributed by atoms with Crippen molar-refractivity contribution in [3.63, 3.8) is 0 Å². The molecule has 3 N–H and O–H groups in total. The van der Waals surface area contributed by atoms with E-state index >= 15 is 0 Å². The summed E-state index contributed by atoms with van der Waals surface area (Å²) in [5, 5.41) is 0. The number of para-hydroxylation sites is 1. The first kappa shape index (κ1) is 13.0. The van der Waals surface area contributed by atoms with Crippen molar-refractivity contribution in [2.45, 2.75) is 11.5 Å². The van der Waals surface area contributed by atoms with Crippen molar-refractivity contribution in [3.05, 3.63) is 24.0 Å². The lowest BCUT2D eigenvalue weighted by Crippen LogP contribution is -2.08. The van der Waals surface area contributed by atoms with Crippen molar-refractivity contribution < 1.29 is 13.2 Å². The van der Waals surface area contributed by atoms with Gasteiger partial charge in [-0.05, 0) is 12.1 Å². The molecule has 0 fully saturated rings. The van der Waals surface area contributed by atoms with Gasteiger partial charge in [0.2, 0.25) is 0 Å². The molecule has 6 nitrogen and oxygen atoms in total. The van der Waals surface area contributed by atoms with Crippen molar-refractivity contribution in [1.82, 2.24) is 9.97 Å². The van der Waals surface area contributed by atoms with Crippen LogP contribution in [0.5, 0.6) is 0 Å². The number of nitrogens with two attached hydrogens (primary N) is 1. The van der Waals surface area contributed by atoms with Gasteiger partial charge in [-0.15, -0.1) is 0 Å². The zero-order valence-electron chi connectivity index (χ0n) is 10.0. The molecule has 0 atom stereocenters. The highest BCUT2D eigenvalue weighted by Gasteiger charge is 2.14. The van der Waals surface area contributed by atoms with E-state index in [0.29, 0.717) is 30.0 Å². The van der Waals surface area contributed by atoms with E-state index < -0.39 is 9.84 Å². The van der Waals surface area contributed by atoms with Gasteiger partial charge < -0.3 is 15.5 Å². The van der Waals surface area contributed by atoms with Crippen LogP contribution in [-0.4, -0.2) is 37.8 Å². The fourth-order valence-electron chi connectivity index (χ4n) is 1.68. The third kappa shape index (κ3) is 2.69. The number of hydrogen-bond donors (Lipinski definition) is 2. The smallest absolute Gasteiger partial charge is 0.177 e. The zero-order chi connectivity index (χ0) is 13.2. The first-order valence-electron chi connectivity index (χ1n) is 5.48. The molecule has 1 aromatic carbocycles. The number of benzene rings is 1. The molecule has 0 unspecified atom stereocenters. The van der Waals surface area contributed by atoms with Crippen molar-refractivity contribution in [1.29, 1.82) is 0 Å². The van der Waals surface area contributed by atoms with Crippen LogP contribution in [0.2, 0.25) is 0 Å². The monoisotopic (exact) mass is 269 g/mol. The SMILES string of the molecule is CS(=O)(=O)c1cccc2[nH]c(COCCN)nc12. The minimum Gasteiger partial charge on any atom is -0.372 e. The highest BCUT2D eigenvalue weighted by Crippen LogP contribution is 2.21. The maximum absolute atomic E-state index is 11.6. The molecule has 1 heterocycles. The van der Waals surface area contributed by atoms with Crippen LogP contribution in [0.15, 0.2) is 23.1 Å². The molecule has 18 heavy (non-hydrogen) atoms. The highest BCUT2D eigenvalue weighted by atomic mass is 32.2. The average Bonchev–Trinajstić information content (AvgIpc) is 2.70. The summed E-state index contributed by atoms with van der Waals surface area (Å²) in [6.45, 7) is 1.17. The Labute approximate surface area is 105 Å². The second-order valence-corrected chi connectivity index (χ2v) is 5.93. The van der Waals surface area contributed by atoms with Gasteiger partial charge in [0.1, 0.15) is 17.9 Å². The van der Waals surface area contributed by atoms with Gasteiger partial charge in [0, 0.05) is 12.8 Å². The van der Waals surface area contributed by atoms with Crippen LogP contribution >= 0.6 is 0 Å². The lowest BCUT2D eigenvalue weighted by molar-refractivity contribution is 0.123. The Morgan fingerprint density at radius 2 is 2.22 bits per heavy atom. The van der Waals surface area contributed by atoms with E-state index in [1.165, 1.54) is 6.26 Å². The molecule has 0 aliphatic rings. The first-order chi connectivity index (χ1) is 8.52. The van der Waals surface area contributed by atoms with Gasteiger partial charge in [0.05, 0.1) is 17.0 Å². The van der Waals surface area contributed by atoms with Gasteiger partial charge in [-0.25, -0.2) is 13.4 Å². The minimum absolute atomic E-state index is 0.223. The second kappa shape index (κ2) is 5.05. The quantitative estimate of drug-likeness (QED) is 0.768. The maximum Gasteiger partial charge on any atom is 0.177 e. The number of aromatic amines is 1. The fourth-order valence-corrected chi connectivity index (χ4v) is 2.51. The van der Waals surface area contributed by atoms with E-state index in [2.05, 4.69) is 9.97 Å². The van der Waals surface area contributed by atoms with Gasteiger partial charge in [-0.3, -0.25) is 0 Å². The third-order valence-corrected chi connectivity index (χ3v) is 3.55. The molecule has 0 aliphatic heterocycles. The van der Waals surface area contributed by atoms with Gasteiger partial charge in [-0.1, -0.05) is 6.07 Å². The Kier molecular flexibility index (Phi) is 3.65. The van der Waals surface area contributed by atoms with Gasteiger partial charge in [0.25, 0.3) is 0 Å². The Hall–Kier alpha value is -1.44. The summed E-state index contributed by atoms with van der Waals surface area (Å²) in [7, 11) is -3.28. The lowest BCUT2D eigenvalue weighted by Gasteiger charge is -1.98. The Morgan fingerprint density at radius 3 is 2.89 bits per heavy atom. The Morgan fingerprint density at radius 1 is 1.44 bits per heavy atom. The van der Waals surface area contributed by atoms with E-state index in [-0.39, 0.29) is 11.5 Å². The number of nitrogens with one attached hydrogen (secondary N) is 1. The zero-order valence-corrected chi connectivity index (χ0v) is 10.8. The molecule has 0 bridgehead atoms. The van der Waals surface area contributed by atoms with Crippen LogP contribution in [0, 0.1) is 0 Å². The summed E-state index contributed by atoms with van der Waals surface area (Å²) >= 11 is 0. The summed E-state index contributed by atoms with van der Waals surface area (Å²) < 4.78 is 28.5. The number of aromatic nitrogens is 2. The standard InChI is InChI=1S/C11H15N3O3S/c1-18(15,16)9-4-2-3-8-11(9)14-10(13-8)7-17-6-5-12/h2-4H,5-7,12H2,1H3,(H,13,14). The van der Waals surface area contributed by atoms with E-state index in [0.717, 1.165) is 0 Å². The number of rotatable bonds is 5. The van der Waals surface area contributed by atoms with Crippen molar-refractivity contribution in [2.75, 3.05) is 19.4 Å². The average molecular weight is 269 g/mol. The number of ether oxygens (including phenoxy) is 1. The van der Waals surface area contributed by atoms with E-state index in [9.17, 15) is 8.42 Å². The van der Waals surface area contributed by atoms with Crippen LogP contribution in [0.3, 0.4) is 0 Å². The molecule has 7 heteroatoms. The molecule has 2 aromatic rings. The van der Waals surface area contributed by atoms with Crippen molar-refractivity contribution in [2.24, 2.45) is 5.73 Å². The largest absolute Gasteiger partial charge is 0.372 e. The van der Waals surface area contributed by atoms with Crippen LogP contribution < -0.4 is 5.73 Å². The molecule has 0 saturated carbocycles. The second-order valence-electron chi connectivity index (χ2n) is 3.95. The number of H-pyrrole nitrogens is 1. The van der Waals surface area contributed by atoms with E-state index in [1.807, 2.05) is 0 Å². The van der Waals surface area contributed by atoms with Crippen molar-refractivity contribution >= 4 is 20.9 Å². The molecule has 0 spiro atoms. The fraction of sp³-hybridized carbons (Fsp3) is 0.364. The predicted molar refractivity (Wildman–Crippen MR) is 67.9 cm³/mol. The minimum atomic E-state index is -3.28. The molecule has 98 valence electrons. The Bertz CT molecular complexity index is 649. The van der Waals surface area contributed by atoms with Gasteiger partial charge >= 0.3 is 0 Å². The topological polar surface area (TPSA) is 98.1 Å². The summed E-state index contributed by atoms with van der Waals surface area (Å²) in [4.78, 5) is 7.50. The first-order valence-corrected chi connectivity index (χ1v) is 7.37. The van der Waals surface area contributed by atoms with Crippen molar-refractivity contribution in [3.8, 4) is 0 Å². The highest BCUT2D eigenvalue weighted by molar-refractivity contribution is 7.91. The molecule has 0 saturated heterocycles. The van der Waals surface area contributed by atoms with Crippen LogP contribution in [0.4, 0.5) is 0 Å². The molecule has 1 aromatic heterocycles. The van der Waals surface area contributed by atoms with E-state index in [4.69, 9.17) is 10.5 Å². The number of hydrogen-bond acceptors (Lipinski definition) is 5. The number of fused-ring (bicyclic) bond motifs is 1. The molecule has 2 rings (SSSR count). The molecule has 0 amide bonds. The van der Waals surface area contributed by atoms with Crippen LogP contribution in [0.1, 0.15) is 5.82 Å². The normalized spacial score (nSPS) is 12.1.